The molecular formula is C21H26BrN3O. The number of hydrogen-bond donors (Lipinski definition) is 1. The van der Waals surface area contributed by atoms with Gasteiger partial charge in [-0.05, 0) is 48.2 Å². The zero-order valence-electron chi connectivity index (χ0n) is 15.4. The molecule has 5 heteroatoms. The number of benzene rings is 2. The number of carbonyl (C=O) groups excluding carboxylic acids is 1. The summed E-state index contributed by atoms with van der Waals surface area (Å²) >= 11 is 3.38. The molecule has 2 aromatic carbocycles. The number of hydrazone groups is 1. The average molecular weight is 416 g/mol. The molecule has 0 radical (unpaired) electrons. The first-order valence-corrected chi connectivity index (χ1v) is 9.83. The Balaban J connectivity index is 1.87. The number of nitrogens with zero attached hydrogens (tertiary/aromatic N) is 2. The van der Waals surface area contributed by atoms with E-state index < -0.39 is 0 Å². The molecule has 0 aliphatic rings. The van der Waals surface area contributed by atoms with Crippen LogP contribution in [0.15, 0.2) is 58.1 Å². The van der Waals surface area contributed by atoms with Gasteiger partial charge in [-0.15, -0.1) is 0 Å². The van der Waals surface area contributed by atoms with E-state index in [1.54, 1.807) is 6.21 Å². The van der Waals surface area contributed by atoms with E-state index in [4.69, 9.17) is 0 Å². The van der Waals surface area contributed by atoms with Crippen molar-refractivity contribution < 1.29 is 4.79 Å². The predicted octanol–water partition coefficient (Wildman–Crippen LogP) is 4.77. The third kappa shape index (κ3) is 6.64. The van der Waals surface area contributed by atoms with Crippen molar-refractivity contribution in [3.63, 3.8) is 0 Å². The highest BCUT2D eigenvalue weighted by atomic mass is 79.9. The zero-order chi connectivity index (χ0) is 18.8. The summed E-state index contributed by atoms with van der Waals surface area (Å²) < 4.78 is 1.000. The maximum Gasteiger partial charge on any atom is 0.244 e. The van der Waals surface area contributed by atoms with Crippen LogP contribution in [0.4, 0.5) is 5.69 Å². The van der Waals surface area contributed by atoms with Crippen LogP contribution in [-0.4, -0.2) is 25.2 Å². The highest BCUT2D eigenvalue weighted by Gasteiger charge is 2.04. The smallest absolute Gasteiger partial charge is 0.244 e. The van der Waals surface area contributed by atoms with E-state index in [-0.39, 0.29) is 5.91 Å². The Hall–Kier alpha value is -2.14. The van der Waals surface area contributed by atoms with E-state index in [2.05, 4.69) is 57.3 Å². The fraction of sp³-hybridized carbons (Fsp3) is 0.333. The second-order valence-electron chi connectivity index (χ2n) is 6.18. The summed E-state index contributed by atoms with van der Waals surface area (Å²) in [5, 5.41) is 4.06. The predicted molar refractivity (Wildman–Crippen MR) is 113 cm³/mol. The molecule has 0 aliphatic heterocycles. The summed E-state index contributed by atoms with van der Waals surface area (Å²) in [4.78, 5) is 14.3. The van der Waals surface area contributed by atoms with E-state index in [0.29, 0.717) is 6.42 Å². The lowest BCUT2D eigenvalue weighted by Crippen LogP contribution is -2.24. The Morgan fingerprint density at radius 3 is 2.23 bits per heavy atom. The Labute approximate surface area is 164 Å². The molecule has 2 rings (SSSR count). The molecule has 0 saturated carbocycles. The van der Waals surface area contributed by atoms with Gasteiger partial charge in [0.15, 0.2) is 0 Å². The van der Waals surface area contributed by atoms with Gasteiger partial charge in [0.1, 0.15) is 0 Å². The van der Waals surface area contributed by atoms with Gasteiger partial charge in [-0.3, -0.25) is 4.79 Å². The average Bonchev–Trinajstić information content (AvgIpc) is 2.64. The summed E-state index contributed by atoms with van der Waals surface area (Å²) in [5.41, 5.74) is 5.73. The van der Waals surface area contributed by atoms with Crippen LogP contribution in [0, 0.1) is 0 Å². The molecular weight excluding hydrogens is 390 g/mol. The van der Waals surface area contributed by atoms with Gasteiger partial charge < -0.3 is 4.90 Å². The van der Waals surface area contributed by atoms with Crippen molar-refractivity contribution in [3.05, 3.63) is 64.1 Å². The number of halogens is 1. The van der Waals surface area contributed by atoms with Crippen LogP contribution in [-0.2, 0) is 11.2 Å². The third-order valence-corrected chi connectivity index (χ3v) is 4.45. The molecule has 1 amide bonds. The Morgan fingerprint density at radius 2 is 1.65 bits per heavy atom. The van der Waals surface area contributed by atoms with Gasteiger partial charge in [0.05, 0.1) is 12.6 Å². The van der Waals surface area contributed by atoms with Crippen molar-refractivity contribution in [1.29, 1.82) is 0 Å². The molecule has 26 heavy (non-hydrogen) atoms. The van der Waals surface area contributed by atoms with Crippen molar-refractivity contribution in [2.45, 2.75) is 33.1 Å². The maximum atomic E-state index is 11.9. The molecule has 0 unspecified atom stereocenters. The van der Waals surface area contributed by atoms with Crippen LogP contribution in [0.2, 0.25) is 0 Å². The SMILES string of the molecule is CCCN(CCC)c1ccc(/C=N\NC(=O)Cc2ccc(Br)cc2)cc1. The molecule has 0 heterocycles. The van der Waals surface area contributed by atoms with Crippen LogP contribution < -0.4 is 10.3 Å². The molecule has 138 valence electrons. The molecule has 0 atom stereocenters. The summed E-state index contributed by atoms with van der Waals surface area (Å²) in [6.45, 7) is 6.52. The maximum absolute atomic E-state index is 11.9. The van der Waals surface area contributed by atoms with Crippen molar-refractivity contribution in [3.8, 4) is 0 Å². The number of carbonyl (C=O) groups is 1. The lowest BCUT2D eigenvalue weighted by molar-refractivity contribution is -0.120. The fourth-order valence-corrected chi connectivity index (χ4v) is 2.95. The van der Waals surface area contributed by atoms with E-state index in [9.17, 15) is 4.79 Å². The summed E-state index contributed by atoms with van der Waals surface area (Å²) in [7, 11) is 0. The summed E-state index contributed by atoms with van der Waals surface area (Å²) in [6.07, 6.45) is 4.25. The fourth-order valence-electron chi connectivity index (χ4n) is 2.69. The topological polar surface area (TPSA) is 44.7 Å². The van der Waals surface area contributed by atoms with Crippen molar-refractivity contribution >= 4 is 33.7 Å². The summed E-state index contributed by atoms with van der Waals surface area (Å²) in [6, 6.07) is 16.0. The molecule has 0 bridgehead atoms. The number of rotatable bonds is 9. The van der Waals surface area contributed by atoms with Gasteiger partial charge in [0, 0.05) is 23.2 Å². The van der Waals surface area contributed by atoms with E-state index in [0.717, 1.165) is 41.5 Å². The van der Waals surface area contributed by atoms with Crippen LogP contribution in [0.5, 0.6) is 0 Å². The van der Waals surface area contributed by atoms with Gasteiger partial charge in [0.2, 0.25) is 5.91 Å². The van der Waals surface area contributed by atoms with E-state index in [1.807, 2.05) is 36.4 Å². The minimum absolute atomic E-state index is 0.128. The minimum atomic E-state index is -0.128. The quantitative estimate of drug-likeness (QED) is 0.473. The largest absolute Gasteiger partial charge is 0.372 e. The third-order valence-electron chi connectivity index (χ3n) is 3.93. The zero-order valence-corrected chi connectivity index (χ0v) is 17.0. The standard InChI is InChI=1S/C21H26BrN3O/c1-3-13-25(14-4-2)20-11-7-18(8-12-20)16-23-24-21(26)15-17-5-9-19(22)10-6-17/h5-12,16H,3-4,13-15H2,1-2H3,(H,24,26)/b23-16-. The van der Waals surface area contributed by atoms with Gasteiger partial charge in [-0.1, -0.05) is 54.0 Å². The second-order valence-corrected chi connectivity index (χ2v) is 7.09. The lowest BCUT2D eigenvalue weighted by Gasteiger charge is -2.23. The van der Waals surface area contributed by atoms with Gasteiger partial charge in [0.25, 0.3) is 0 Å². The van der Waals surface area contributed by atoms with Crippen LogP contribution in [0.3, 0.4) is 0 Å². The summed E-state index contributed by atoms with van der Waals surface area (Å²) in [5.74, 6) is -0.128. The normalized spacial score (nSPS) is 10.9. The molecule has 0 aliphatic carbocycles. The minimum Gasteiger partial charge on any atom is -0.372 e. The molecule has 1 N–H and O–H groups in total. The van der Waals surface area contributed by atoms with Gasteiger partial charge in [-0.2, -0.15) is 5.10 Å². The monoisotopic (exact) mass is 415 g/mol. The number of amides is 1. The molecule has 0 saturated heterocycles. The van der Waals surface area contributed by atoms with Crippen LogP contribution in [0.1, 0.15) is 37.8 Å². The Kier molecular flexibility index (Phi) is 8.35. The Morgan fingerprint density at radius 1 is 1.04 bits per heavy atom. The molecule has 0 fully saturated rings. The first-order valence-electron chi connectivity index (χ1n) is 9.03. The van der Waals surface area contributed by atoms with Crippen molar-refractivity contribution in [2.24, 2.45) is 5.10 Å². The van der Waals surface area contributed by atoms with Gasteiger partial charge in [-0.25, -0.2) is 5.43 Å². The van der Waals surface area contributed by atoms with Crippen LogP contribution >= 0.6 is 15.9 Å². The number of anilines is 1. The highest BCUT2D eigenvalue weighted by molar-refractivity contribution is 9.10. The molecule has 0 spiro atoms. The van der Waals surface area contributed by atoms with E-state index >= 15 is 0 Å². The highest BCUT2D eigenvalue weighted by Crippen LogP contribution is 2.15. The second kappa shape index (κ2) is 10.8. The van der Waals surface area contributed by atoms with Gasteiger partial charge >= 0.3 is 0 Å². The van der Waals surface area contributed by atoms with Crippen LogP contribution in [0.25, 0.3) is 0 Å². The van der Waals surface area contributed by atoms with E-state index in [1.165, 1.54) is 5.69 Å². The first-order chi connectivity index (χ1) is 12.6. The molecule has 4 nitrogen and oxygen atoms in total. The lowest BCUT2D eigenvalue weighted by atomic mass is 10.1. The first kappa shape index (κ1) is 20.2. The van der Waals surface area contributed by atoms with Crippen molar-refractivity contribution in [1.82, 2.24) is 5.43 Å². The Bertz CT molecular complexity index is 705. The number of nitrogens with one attached hydrogen (secondary N) is 1. The van der Waals surface area contributed by atoms with Crippen molar-refractivity contribution in [2.75, 3.05) is 18.0 Å². The molecule has 2 aromatic rings. The number of hydrogen-bond acceptors (Lipinski definition) is 3. The molecule has 0 aromatic heterocycles.